The molecule has 0 aliphatic rings. The van der Waals surface area contributed by atoms with Gasteiger partial charge in [-0.15, -0.1) is 10.2 Å². The monoisotopic (exact) mass is 469 g/mol. The van der Waals surface area contributed by atoms with Crippen molar-refractivity contribution in [1.82, 2.24) is 19.6 Å². The Morgan fingerprint density at radius 3 is 2.78 bits per heavy atom. The number of pyridine rings is 1. The van der Waals surface area contributed by atoms with Crippen LogP contribution in [0.25, 0.3) is 16.6 Å². The van der Waals surface area contributed by atoms with E-state index in [1.807, 2.05) is 49.4 Å². The minimum Gasteiger partial charge on any atom is -0.461 e. The van der Waals surface area contributed by atoms with Crippen LogP contribution in [-0.2, 0) is 9.53 Å². The quantitative estimate of drug-likeness (QED) is 0.314. The Bertz CT molecular complexity index is 1310. The fourth-order valence-corrected chi connectivity index (χ4v) is 4.83. The van der Waals surface area contributed by atoms with Crippen molar-refractivity contribution in [2.75, 3.05) is 17.7 Å². The van der Waals surface area contributed by atoms with E-state index in [9.17, 15) is 9.59 Å². The number of esters is 1. The van der Waals surface area contributed by atoms with Crippen molar-refractivity contribution in [3.63, 3.8) is 0 Å². The van der Waals surface area contributed by atoms with Gasteiger partial charge >= 0.3 is 5.97 Å². The largest absolute Gasteiger partial charge is 0.461 e. The van der Waals surface area contributed by atoms with Gasteiger partial charge < -0.3 is 10.1 Å². The Balaban J connectivity index is 1.45. The smallest absolute Gasteiger partial charge is 0.350 e. The predicted octanol–water partition coefficient (Wildman–Crippen LogP) is 4.50. The molecule has 32 heavy (non-hydrogen) atoms. The van der Waals surface area contributed by atoms with Crippen molar-refractivity contribution < 1.29 is 14.3 Å². The number of nitrogens with one attached hydrogen (secondary N) is 1. The number of anilines is 1. The van der Waals surface area contributed by atoms with E-state index in [0.29, 0.717) is 27.5 Å². The second-order valence-electron chi connectivity index (χ2n) is 7.78. The summed E-state index contributed by atoms with van der Waals surface area (Å²) < 4.78 is 7.22. The van der Waals surface area contributed by atoms with Crippen LogP contribution in [0.5, 0.6) is 0 Å². The Morgan fingerprint density at radius 2 is 2.00 bits per heavy atom. The van der Waals surface area contributed by atoms with Crippen LogP contribution < -0.4 is 5.32 Å². The number of benzene rings is 1. The van der Waals surface area contributed by atoms with Gasteiger partial charge in [0.1, 0.15) is 4.88 Å². The second-order valence-corrected chi connectivity index (χ2v) is 9.72. The molecular formula is C22H23N5O3S2. The number of aromatic nitrogens is 4. The lowest BCUT2D eigenvalue weighted by Gasteiger charge is -2.07. The summed E-state index contributed by atoms with van der Waals surface area (Å²) in [6, 6.07) is 10.0. The molecule has 0 unspecified atom stereocenters. The molecule has 8 nitrogen and oxygen atoms in total. The fourth-order valence-electron chi connectivity index (χ4n) is 3.20. The third kappa shape index (κ3) is 4.61. The number of aryl methyl sites for hydroxylation is 2. The number of carbonyl (C=O) groups excluding carboxylic acids is 2. The van der Waals surface area contributed by atoms with Crippen molar-refractivity contribution in [3.05, 3.63) is 46.5 Å². The van der Waals surface area contributed by atoms with E-state index in [1.165, 1.54) is 11.8 Å². The zero-order valence-electron chi connectivity index (χ0n) is 18.2. The molecule has 4 rings (SSSR count). The molecule has 0 radical (unpaired) electrons. The summed E-state index contributed by atoms with van der Waals surface area (Å²) in [6.45, 7) is 8.05. The first-order chi connectivity index (χ1) is 15.3. The summed E-state index contributed by atoms with van der Waals surface area (Å²) in [4.78, 5) is 29.4. The highest BCUT2D eigenvalue weighted by Crippen LogP contribution is 2.27. The van der Waals surface area contributed by atoms with Crippen LogP contribution in [0.15, 0.2) is 35.5 Å². The van der Waals surface area contributed by atoms with Gasteiger partial charge in [-0.1, -0.05) is 55.1 Å². The standard InChI is InChI=1S/C22H23N5O3S2/c1-12(2)10-30-20(29)19-14(4)23-21(32-19)24-18(28)11-31-22-26-25-17-9-13(3)15-7-5-6-8-16(15)27(17)22/h5-9,12H,10-11H2,1-4H3,(H,23,24,28). The molecule has 1 N–H and O–H groups in total. The van der Waals surface area contributed by atoms with Crippen LogP contribution in [0.4, 0.5) is 5.13 Å². The number of amides is 1. The molecule has 3 heterocycles. The maximum absolute atomic E-state index is 12.5. The number of hydrogen-bond acceptors (Lipinski definition) is 8. The van der Waals surface area contributed by atoms with E-state index >= 15 is 0 Å². The molecule has 0 aliphatic heterocycles. The minimum absolute atomic E-state index is 0.134. The molecular weight excluding hydrogens is 446 g/mol. The van der Waals surface area contributed by atoms with Gasteiger partial charge in [0, 0.05) is 5.39 Å². The molecule has 0 aliphatic carbocycles. The highest BCUT2D eigenvalue weighted by Gasteiger charge is 2.19. The molecule has 0 atom stereocenters. The maximum atomic E-state index is 12.5. The summed E-state index contributed by atoms with van der Waals surface area (Å²) >= 11 is 2.41. The Labute approximate surface area is 193 Å². The van der Waals surface area contributed by atoms with E-state index in [1.54, 1.807) is 6.92 Å². The van der Waals surface area contributed by atoms with Crippen molar-refractivity contribution in [1.29, 1.82) is 0 Å². The Kier molecular flexibility index (Phi) is 6.43. The number of para-hydroxylation sites is 1. The molecule has 0 bridgehead atoms. The first-order valence-electron chi connectivity index (χ1n) is 10.1. The highest BCUT2D eigenvalue weighted by molar-refractivity contribution is 7.99. The van der Waals surface area contributed by atoms with Crippen molar-refractivity contribution in [3.8, 4) is 0 Å². The zero-order valence-corrected chi connectivity index (χ0v) is 19.8. The number of fused-ring (bicyclic) bond motifs is 3. The number of thioether (sulfide) groups is 1. The van der Waals surface area contributed by atoms with E-state index in [4.69, 9.17) is 4.74 Å². The van der Waals surface area contributed by atoms with Crippen molar-refractivity contribution >= 4 is 56.7 Å². The van der Waals surface area contributed by atoms with Crippen LogP contribution in [0.1, 0.15) is 34.8 Å². The molecule has 1 aromatic carbocycles. The molecule has 3 aromatic heterocycles. The summed E-state index contributed by atoms with van der Waals surface area (Å²) in [5.41, 5.74) is 3.40. The predicted molar refractivity (Wildman–Crippen MR) is 127 cm³/mol. The topological polar surface area (TPSA) is 98.5 Å². The van der Waals surface area contributed by atoms with Gasteiger partial charge in [0.25, 0.3) is 0 Å². The minimum atomic E-state index is -0.416. The van der Waals surface area contributed by atoms with Crippen LogP contribution >= 0.6 is 23.1 Å². The lowest BCUT2D eigenvalue weighted by molar-refractivity contribution is -0.113. The molecule has 1 amide bonds. The maximum Gasteiger partial charge on any atom is 0.350 e. The molecule has 10 heteroatoms. The van der Waals surface area contributed by atoms with Crippen LogP contribution in [0.2, 0.25) is 0 Å². The van der Waals surface area contributed by atoms with Crippen LogP contribution in [0.3, 0.4) is 0 Å². The number of thiazole rings is 1. The van der Waals surface area contributed by atoms with E-state index < -0.39 is 5.97 Å². The lowest BCUT2D eigenvalue weighted by Crippen LogP contribution is -2.14. The molecule has 0 saturated carbocycles. The number of rotatable bonds is 7. The third-order valence-electron chi connectivity index (χ3n) is 4.68. The van der Waals surface area contributed by atoms with Crippen molar-refractivity contribution in [2.24, 2.45) is 5.92 Å². The number of hydrogen-bond donors (Lipinski definition) is 1. The first-order valence-corrected chi connectivity index (χ1v) is 11.9. The molecule has 0 spiro atoms. The van der Waals surface area contributed by atoms with Gasteiger partial charge in [0.15, 0.2) is 15.9 Å². The first kappa shape index (κ1) is 22.2. The third-order valence-corrected chi connectivity index (χ3v) is 6.66. The normalized spacial score (nSPS) is 11.4. The number of ether oxygens (including phenoxy) is 1. The van der Waals surface area contributed by atoms with Gasteiger partial charge in [0.05, 0.1) is 23.6 Å². The average molecular weight is 470 g/mol. The fraction of sp³-hybridized carbons (Fsp3) is 0.318. The molecule has 166 valence electrons. The summed E-state index contributed by atoms with van der Waals surface area (Å²) in [7, 11) is 0. The molecule has 0 saturated heterocycles. The lowest BCUT2D eigenvalue weighted by atomic mass is 10.1. The summed E-state index contributed by atoms with van der Waals surface area (Å²) in [6.07, 6.45) is 0. The Hall–Kier alpha value is -2.98. The molecule has 4 aromatic rings. The SMILES string of the molecule is Cc1nc(NC(=O)CSc2nnc3cc(C)c4ccccc4n23)sc1C(=O)OCC(C)C. The van der Waals surface area contributed by atoms with E-state index in [0.717, 1.165) is 33.5 Å². The second kappa shape index (κ2) is 9.25. The van der Waals surface area contributed by atoms with Crippen molar-refractivity contribution in [2.45, 2.75) is 32.9 Å². The van der Waals surface area contributed by atoms with Gasteiger partial charge in [0.2, 0.25) is 5.91 Å². The molecule has 0 fully saturated rings. The van der Waals surface area contributed by atoms with Gasteiger partial charge in [-0.2, -0.15) is 0 Å². The summed E-state index contributed by atoms with van der Waals surface area (Å²) in [5.74, 6) is -0.272. The van der Waals surface area contributed by atoms with E-state index in [-0.39, 0.29) is 17.6 Å². The van der Waals surface area contributed by atoms with E-state index in [2.05, 4.69) is 26.6 Å². The number of nitrogens with zero attached hydrogens (tertiary/aromatic N) is 4. The van der Waals surface area contributed by atoms with Gasteiger partial charge in [-0.3, -0.25) is 9.20 Å². The number of carbonyl (C=O) groups is 2. The van der Waals surface area contributed by atoms with Crippen LogP contribution in [-0.4, -0.2) is 43.8 Å². The van der Waals surface area contributed by atoms with Gasteiger partial charge in [-0.25, -0.2) is 9.78 Å². The highest BCUT2D eigenvalue weighted by atomic mass is 32.2. The zero-order chi connectivity index (χ0) is 22.8. The Morgan fingerprint density at radius 1 is 1.22 bits per heavy atom. The van der Waals surface area contributed by atoms with Gasteiger partial charge in [-0.05, 0) is 37.5 Å². The summed E-state index contributed by atoms with van der Waals surface area (Å²) in [5, 5.41) is 13.4. The van der Waals surface area contributed by atoms with Crippen LogP contribution in [0, 0.1) is 19.8 Å². The average Bonchev–Trinajstić information content (AvgIpc) is 3.33.